The minimum atomic E-state index is -0.202. The zero-order valence-corrected chi connectivity index (χ0v) is 11.6. The average Bonchev–Trinajstić information content (AvgIpc) is 2.87. The Bertz CT molecular complexity index is 445. The highest BCUT2D eigenvalue weighted by atomic mass is 35.5. The van der Waals surface area contributed by atoms with E-state index in [0.29, 0.717) is 28.9 Å². The first-order valence-electron chi connectivity index (χ1n) is 6.58. The molecule has 4 nitrogen and oxygen atoms in total. The molecule has 19 heavy (non-hydrogen) atoms. The molecule has 0 spiro atoms. The molecular formula is C14H19ClN2O2. The van der Waals surface area contributed by atoms with E-state index in [-0.39, 0.29) is 12.5 Å². The maximum atomic E-state index is 11.7. The molecule has 1 amide bonds. The van der Waals surface area contributed by atoms with Gasteiger partial charge >= 0.3 is 0 Å². The maximum absolute atomic E-state index is 11.7. The highest BCUT2D eigenvalue weighted by Crippen LogP contribution is 2.25. The molecule has 1 aliphatic carbocycles. The van der Waals surface area contributed by atoms with Gasteiger partial charge in [-0.2, -0.15) is 0 Å². The van der Waals surface area contributed by atoms with Gasteiger partial charge < -0.3 is 15.8 Å². The summed E-state index contributed by atoms with van der Waals surface area (Å²) < 4.78 is 5.44. The van der Waals surface area contributed by atoms with Gasteiger partial charge in [-0.15, -0.1) is 0 Å². The molecule has 1 saturated carbocycles. The molecule has 0 unspecified atom stereocenters. The summed E-state index contributed by atoms with van der Waals surface area (Å²) in [5.74, 6) is 0.413. The number of nitrogen functional groups attached to an aromatic ring is 1. The van der Waals surface area contributed by atoms with Crippen LogP contribution in [0.4, 0.5) is 11.4 Å². The second-order valence-electron chi connectivity index (χ2n) is 4.95. The van der Waals surface area contributed by atoms with Crippen molar-refractivity contribution in [2.45, 2.75) is 25.7 Å². The number of hydrogen-bond acceptors (Lipinski definition) is 3. The number of ether oxygens (including phenoxy) is 1. The van der Waals surface area contributed by atoms with Crippen LogP contribution in [0.3, 0.4) is 0 Å². The number of nitrogens with one attached hydrogen (secondary N) is 1. The van der Waals surface area contributed by atoms with Gasteiger partial charge in [-0.05, 0) is 37.0 Å². The molecule has 104 valence electrons. The summed E-state index contributed by atoms with van der Waals surface area (Å²) in [5, 5.41) is 3.24. The fourth-order valence-electron chi connectivity index (χ4n) is 2.32. The van der Waals surface area contributed by atoms with Crippen LogP contribution in [0.1, 0.15) is 25.7 Å². The molecule has 1 aliphatic rings. The number of hydrogen-bond donors (Lipinski definition) is 2. The fourth-order valence-corrected chi connectivity index (χ4v) is 2.49. The van der Waals surface area contributed by atoms with Gasteiger partial charge in [-0.3, -0.25) is 4.79 Å². The van der Waals surface area contributed by atoms with E-state index in [1.807, 2.05) is 0 Å². The molecule has 0 aromatic heterocycles. The zero-order valence-electron chi connectivity index (χ0n) is 10.8. The summed E-state index contributed by atoms with van der Waals surface area (Å²) in [6, 6.07) is 4.98. The molecule has 3 N–H and O–H groups in total. The first-order chi connectivity index (χ1) is 9.15. The number of halogens is 1. The SMILES string of the molecule is Nc1ccc(Cl)cc1NC(=O)COCC1CCCC1. The Labute approximate surface area is 118 Å². The quantitative estimate of drug-likeness (QED) is 0.816. The van der Waals surface area contributed by atoms with Crippen molar-refractivity contribution in [3.05, 3.63) is 23.2 Å². The number of nitrogens with two attached hydrogens (primary N) is 1. The number of anilines is 2. The molecule has 1 aromatic rings. The van der Waals surface area contributed by atoms with Gasteiger partial charge in [0.25, 0.3) is 0 Å². The largest absolute Gasteiger partial charge is 0.397 e. The molecule has 1 fully saturated rings. The number of benzene rings is 1. The van der Waals surface area contributed by atoms with E-state index in [1.54, 1.807) is 18.2 Å². The lowest BCUT2D eigenvalue weighted by atomic mass is 10.1. The molecule has 0 aliphatic heterocycles. The van der Waals surface area contributed by atoms with Crippen LogP contribution in [-0.4, -0.2) is 19.1 Å². The van der Waals surface area contributed by atoms with Crippen LogP contribution in [0.5, 0.6) is 0 Å². The molecule has 2 rings (SSSR count). The highest BCUT2D eigenvalue weighted by Gasteiger charge is 2.15. The third-order valence-corrected chi connectivity index (χ3v) is 3.59. The standard InChI is InChI=1S/C14H19ClN2O2/c15-11-5-6-12(16)13(7-11)17-14(18)9-19-8-10-3-1-2-4-10/h5-7,10H,1-4,8-9,16H2,(H,17,18). The molecule has 0 radical (unpaired) electrons. The van der Waals surface area contributed by atoms with Gasteiger partial charge in [0.2, 0.25) is 5.91 Å². The number of carbonyl (C=O) groups is 1. The van der Waals surface area contributed by atoms with Crippen LogP contribution in [0.2, 0.25) is 5.02 Å². The predicted octanol–water partition coefficient (Wildman–Crippen LogP) is 3.07. The summed E-state index contributed by atoms with van der Waals surface area (Å²) in [6.07, 6.45) is 4.98. The fraction of sp³-hybridized carbons (Fsp3) is 0.500. The smallest absolute Gasteiger partial charge is 0.250 e. The topological polar surface area (TPSA) is 64.3 Å². The number of carbonyl (C=O) groups excluding carboxylic acids is 1. The minimum Gasteiger partial charge on any atom is -0.397 e. The Morgan fingerprint density at radius 3 is 2.89 bits per heavy atom. The highest BCUT2D eigenvalue weighted by molar-refractivity contribution is 6.31. The summed E-state index contributed by atoms with van der Waals surface area (Å²) in [7, 11) is 0. The van der Waals surface area contributed by atoms with Gasteiger partial charge in [-0.25, -0.2) is 0 Å². The van der Waals surface area contributed by atoms with Crippen molar-refractivity contribution in [2.24, 2.45) is 5.92 Å². The summed E-state index contributed by atoms with van der Waals surface area (Å²) in [5.41, 5.74) is 6.78. The van der Waals surface area contributed by atoms with Crippen molar-refractivity contribution in [3.8, 4) is 0 Å². The monoisotopic (exact) mass is 282 g/mol. The molecule has 1 aromatic carbocycles. The molecule has 5 heteroatoms. The lowest BCUT2D eigenvalue weighted by Gasteiger charge is -2.11. The first-order valence-corrected chi connectivity index (χ1v) is 6.95. The molecule has 0 saturated heterocycles. The number of rotatable bonds is 5. The normalized spacial score (nSPS) is 15.6. The first kappa shape index (κ1) is 14.2. The van der Waals surface area contributed by atoms with Gasteiger partial charge in [0.05, 0.1) is 18.0 Å². The lowest BCUT2D eigenvalue weighted by Crippen LogP contribution is -2.20. The van der Waals surface area contributed by atoms with Crippen molar-refractivity contribution < 1.29 is 9.53 Å². The number of amides is 1. The van der Waals surface area contributed by atoms with Gasteiger partial charge in [0.15, 0.2) is 0 Å². The average molecular weight is 283 g/mol. The second-order valence-corrected chi connectivity index (χ2v) is 5.38. The summed E-state index contributed by atoms with van der Waals surface area (Å²) >= 11 is 5.85. The van der Waals surface area contributed by atoms with E-state index in [9.17, 15) is 4.79 Å². The predicted molar refractivity (Wildman–Crippen MR) is 77.3 cm³/mol. The zero-order chi connectivity index (χ0) is 13.7. The van der Waals surface area contributed by atoms with E-state index in [0.717, 1.165) is 0 Å². The van der Waals surface area contributed by atoms with Gasteiger partial charge in [0.1, 0.15) is 6.61 Å². The summed E-state index contributed by atoms with van der Waals surface area (Å²) in [6.45, 7) is 0.723. The third-order valence-electron chi connectivity index (χ3n) is 3.35. The van der Waals surface area contributed by atoms with E-state index < -0.39 is 0 Å². The van der Waals surface area contributed by atoms with Crippen molar-refractivity contribution >= 4 is 28.9 Å². The Kier molecular flexibility index (Phi) is 5.05. The Balaban J connectivity index is 1.75. The van der Waals surface area contributed by atoms with Crippen LogP contribution in [0.15, 0.2) is 18.2 Å². The minimum absolute atomic E-state index is 0.0580. The van der Waals surface area contributed by atoms with Crippen molar-refractivity contribution in [1.82, 2.24) is 0 Å². The van der Waals surface area contributed by atoms with Gasteiger partial charge in [-0.1, -0.05) is 24.4 Å². The van der Waals surface area contributed by atoms with Crippen molar-refractivity contribution in [2.75, 3.05) is 24.3 Å². The van der Waals surface area contributed by atoms with Crippen molar-refractivity contribution in [1.29, 1.82) is 0 Å². The third kappa shape index (κ3) is 4.40. The van der Waals surface area contributed by atoms with E-state index in [4.69, 9.17) is 22.1 Å². The maximum Gasteiger partial charge on any atom is 0.250 e. The Morgan fingerprint density at radius 1 is 1.42 bits per heavy atom. The van der Waals surface area contributed by atoms with Crippen LogP contribution in [-0.2, 0) is 9.53 Å². The molecule has 0 atom stereocenters. The Morgan fingerprint density at radius 2 is 2.16 bits per heavy atom. The Hall–Kier alpha value is -1.26. The van der Waals surface area contributed by atoms with Crippen molar-refractivity contribution in [3.63, 3.8) is 0 Å². The van der Waals surface area contributed by atoms with Crippen LogP contribution in [0, 0.1) is 5.92 Å². The summed E-state index contributed by atoms with van der Waals surface area (Å²) in [4.78, 5) is 11.7. The second kappa shape index (κ2) is 6.78. The molecule has 0 heterocycles. The van der Waals surface area contributed by atoms with E-state index in [1.165, 1.54) is 25.7 Å². The molecular weight excluding hydrogens is 264 g/mol. The molecule has 0 bridgehead atoms. The van der Waals surface area contributed by atoms with Crippen LogP contribution >= 0.6 is 11.6 Å². The van der Waals surface area contributed by atoms with Crippen LogP contribution < -0.4 is 11.1 Å². The van der Waals surface area contributed by atoms with E-state index in [2.05, 4.69) is 5.32 Å². The van der Waals surface area contributed by atoms with E-state index >= 15 is 0 Å². The lowest BCUT2D eigenvalue weighted by molar-refractivity contribution is -0.121. The van der Waals surface area contributed by atoms with Crippen LogP contribution in [0.25, 0.3) is 0 Å². The van der Waals surface area contributed by atoms with Gasteiger partial charge in [0, 0.05) is 5.02 Å².